The third-order valence-corrected chi connectivity index (χ3v) is 6.61. The van der Waals surface area contributed by atoms with E-state index in [1.807, 2.05) is 30.3 Å². The molecule has 0 aliphatic carbocycles. The minimum atomic E-state index is -3.40. The number of nitrogens with one attached hydrogen (secondary N) is 1. The zero-order chi connectivity index (χ0) is 20.4. The minimum Gasteiger partial charge on any atom is -0.369 e. The number of hydrogen-bond donors (Lipinski definition) is 2. The van der Waals surface area contributed by atoms with Gasteiger partial charge >= 0.3 is 0 Å². The lowest BCUT2D eigenvalue weighted by Crippen LogP contribution is -2.42. The molecule has 1 saturated heterocycles. The first kappa shape index (κ1) is 22.4. The molecule has 1 aliphatic rings. The third kappa shape index (κ3) is 8.39. The first-order chi connectivity index (χ1) is 13.4. The lowest BCUT2D eigenvalue weighted by molar-refractivity contribution is -0.123. The second kappa shape index (κ2) is 11.2. The highest BCUT2D eigenvalue weighted by molar-refractivity contribution is 7.92. The predicted octanol–water partition coefficient (Wildman–Crippen LogP) is 0.738. The van der Waals surface area contributed by atoms with Crippen LogP contribution in [0.2, 0.25) is 0 Å². The number of benzene rings is 1. The van der Waals surface area contributed by atoms with Crippen LogP contribution >= 0.6 is 0 Å². The zero-order valence-electron chi connectivity index (χ0n) is 16.3. The predicted molar refractivity (Wildman–Crippen MR) is 109 cm³/mol. The summed E-state index contributed by atoms with van der Waals surface area (Å²) in [5.74, 6) is -1.25. The van der Waals surface area contributed by atoms with Crippen molar-refractivity contribution < 1.29 is 18.0 Å². The Bertz CT molecular complexity index is 737. The number of carbonyl (C=O) groups excluding carboxylic acids is 2. The number of piperidine rings is 1. The number of sulfone groups is 1. The first-order valence-corrected chi connectivity index (χ1v) is 11.7. The summed E-state index contributed by atoms with van der Waals surface area (Å²) in [7, 11) is -3.40. The van der Waals surface area contributed by atoms with Crippen LogP contribution < -0.4 is 11.1 Å². The van der Waals surface area contributed by atoms with Gasteiger partial charge in [-0.05, 0) is 50.8 Å². The Balaban J connectivity index is 1.60. The average Bonchev–Trinajstić information content (AvgIpc) is 2.66. The minimum absolute atomic E-state index is 0.0115. The molecule has 0 bridgehead atoms. The Labute approximate surface area is 167 Å². The molecule has 2 amide bonds. The van der Waals surface area contributed by atoms with Crippen LogP contribution in [-0.2, 0) is 25.8 Å². The molecule has 3 N–H and O–H groups in total. The molecule has 2 rings (SSSR count). The normalized spacial score (nSPS) is 17.9. The summed E-state index contributed by atoms with van der Waals surface area (Å²) in [6.07, 6.45) is 3.69. The Morgan fingerprint density at radius 1 is 1.18 bits per heavy atom. The molecule has 1 heterocycles. The van der Waals surface area contributed by atoms with Crippen LogP contribution in [-0.4, -0.2) is 62.8 Å². The molecule has 0 radical (unpaired) electrons. The van der Waals surface area contributed by atoms with Crippen LogP contribution in [0.1, 0.15) is 31.2 Å². The molecular formula is C20H31N3O4S. The van der Waals surface area contributed by atoms with Crippen LogP contribution in [0.4, 0.5) is 0 Å². The Hall–Kier alpha value is -1.93. The molecule has 0 spiro atoms. The van der Waals surface area contributed by atoms with Crippen molar-refractivity contribution in [1.29, 1.82) is 0 Å². The maximum atomic E-state index is 12.1. The number of carbonyl (C=O) groups is 2. The van der Waals surface area contributed by atoms with Crippen LogP contribution in [0, 0.1) is 5.92 Å². The fourth-order valence-corrected chi connectivity index (χ4v) is 4.72. The molecule has 1 aromatic rings. The maximum absolute atomic E-state index is 12.1. The topological polar surface area (TPSA) is 110 Å². The highest BCUT2D eigenvalue weighted by Gasteiger charge is 2.23. The SMILES string of the molecule is NC(=O)C1CCCN(CCCNC(=O)CS(=O)(=O)CCCc2ccccc2)C1. The highest BCUT2D eigenvalue weighted by Crippen LogP contribution is 2.15. The van der Waals surface area contributed by atoms with Crippen molar-refractivity contribution in [2.24, 2.45) is 11.7 Å². The van der Waals surface area contributed by atoms with Gasteiger partial charge in [0.2, 0.25) is 11.8 Å². The van der Waals surface area contributed by atoms with Gasteiger partial charge < -0.3 is 16.0 Å². The molecule has 8 heteroatoms. The van der Waals surface area contributed by atoms with Crippen LogP contribution in [0.15, 0.2) is 30.3 Å². The summed E-state index contributed by atoms with van der Waals surface area (Å²) in [5, 5.41) is 2.68. The van der Waals surface area contributed by atoms with E-state index in [-0.39, 0.29) is 17.6 Å². The van der Waals surface area contributed by atoms with Gasteiger partial charge in [-0.2, -0.15) is 0 Å². The summed E-state index contributed by atoms with van der Waals surface area (Å²) in [4.78, 5) is 25.4. The van der Waals surface area contributed by atoms with Crippen molar-refractivity contribution in [1.82, 2.24) is 10.2 Å². The van der Waals surface area contributed by atoms with E-state index in [0.29, 0.717) is 32.4 Å². The van der Waals surface area contributed by atoms with Crippen molar-refractivity contribution in [3.05, 3.63) is 35.9 Å². The second-order valence-electron chi connectivity index (χ2n) is 7.43. The van der Waals surface area contributed by atoms with E-state index in [1.165, 1.54) is 0 Å². The molecule has 1 aliphatic heterocycles. The van der Waals surface area contributed by atoms with Crippen LogP contribution in [0.25, 0.3) is 0 Å². The molecule has 1 atom stereocenters. The van der Waals surface area contributed by atoms with E-state index in [2.05, 4.69) is 10.2 Å². The molecule has 28 heavy (non-hydrogen) atoms. The average molecular weight is 410 g/mol. The number of nitrogens with zero attached hydrogens (tertiary/aromatic N) is 1. The molecule has 156 valence electrons. The summed E-state index contributed by atoms with van der Waals surface area (Å²) in [5.41, 5.74) is 6.47. The number of primary amides is 1. The maximum Gasteiger partial charge on any atom is 0.235 e. The van der Waals surface area contributed by atoms with Gasteiger partial charge in [0.1, 0.15) is 5.75 Å². The van der Waals surface area contributed by atoms with Gasteiger partial charge in [-0.15, -0.1) is 0 Å². The van der Waals surface area contributed by atoms with Gasteiger partial charge in [-0.3, -0.25) is 9.59 Å². The fourth-order valence-electron chi connectivity index (χ4n) is 3.49. The number of amides is 2. The van der Waals surface area contributed by atoms with E-state index < -0.39 is 21.5 Å². The zero-order valence-corrected chi connectivity index (χ0v) is 17.1. The number of rotatable bonds is 11. The molecule has 0 saturated carbocycles. The molecule has 7 nitrogen and oxygen atoms in total. The number of aryl methyl sites for hydroxylation is 1. The van der Waals surface area contributed by atoms with E-state index in [0.717, 1.165) is 31.5 Å². The lowest BCUT2D eigenvalue weighted by atomic mass is 9.97. The molecule has 1 unspecified atom stereocenters. The van der Waals surface area contributed by atoms with Crippen molar-refractivity contribution in [3.63, 3.8) is 0 Å². The van der Waals surface area contributed by atoms with Crippen molar-refractivity contribution in [3.8, 4) is 0 Å². The molecule has 1 fully saturated rings. The Morgan fingerprint density at radius 3 is 2.64 bits per heavy atom. The van der Waals surface area contributed by atoms with E-state index in [1.54, 1.807) is 0 Å². The van der Waals surface area contributed by atoms with Crippen molar-refractivity contribution in [2.75, 3.05) is 37.7 Å². The van der Waals surface area contributed by atoms with Gasteiger partial charge in [-0.25, -0.2) is 8.42 Å². The lowest BCUT2D eigenvalue weighted by Gasteiger charge is -2.31. The monoisotopic (exact) mass is 409 g/mol. The molecule has 1 aromatic carbocycles. The van der Waals surface area contributed by atoms with Gasteiger partial charge in [0.15, 0.2) is 9.84 Å². The van der Waals surface area contributed by atoms with Crippen LogP contribution in [0.3, 0.4) is 0 Å². The van der Waals surface area contributed by atoms with E-state index >= 15 is 0 Å². The Kier molecular flexibility index (Phi) is 8.92. The van der Waals surface area contributed by atoms with Gasteiger partial charge in [0.05, 0.1) is 11.7 Å². The van der Waals surface area contributed by atoms with Gasteiger partial charge in [0.25, 0.3) is 0 Å². The number of nitrogens with two attached hydrogens (primary N) is 1. The number of likely N-dealkylation sites (tertiary alicyclic amines) is 1. The van der Waals surface area contributed by atoms with Gasteiger partial charge in [0, 0.05) is 13.1 Å². The fraction of sp³-hybridized carbons (Fsp3) is 0.600. The summed E-state index contributed by atoms with van der Waals surface area (Å²) in [6, 6.07) is 9.71. The van der Waals surface area contributed by atoms with E-state index in [4.69, 9.17) is 5.73 Å². The first-order valence-electron chi connectivity index (χ1n) is 9.88. The number of hydrogen-bond acceptors (Lipinski definition) is 5. The summed E-state index contributed by atoms with van der Waals surface area (Å²) in [6.45, 7) is 2.77. The van der Waals surface area contributed by atoms with Gasteiger partial charge in [-0.1, -0.05) is 30.3 Å². The van der Waals surface area contributed by atoms with Crippen LogP contribution in [0.5, 0.6) is 0 Å². The third-order valence-electron chi connectivity index (χ3n) is 5.00. The quantitative estimate of drug-likeness (QED) is 0.524. The smallest absolute Gasteiger partial charge is 0.235 e. The standard InChI is InChI=1S/C20H31N3O4S/c21-20(25)18-10-4-12-23(15-18)13-6-11-22-19(24)16-28(26,27)14-5-9-17-7-2-1-3-8-17/h1-3,7-8,18H,4-6,9-16H2,(H2,21,25)(H,22,24). The second-order valence-corrected chi connectivity index (χ2v) is 9.61. The molecular weight excluding hydrogens is 378 g/mol. The van der Waals surface area contributed by atoms with E-state index in [9.17, 15) is 18.0 Å². The van der Waals surface area contributed by atoms with Crippen molar-refractivity contribution >= 4 is 21.7 Å². The summed E-state index contributed by atoms with van der Waals surface area (Å²) >= 11 is 0. The molecule has 0 aromatic heterocycles. The summed E-state index contributed by atoms with van der Waals surface area (Å²) < 4.78 is 24.2. The largest absolute Gasteiger partial charge is 0.369 e. The highest BCUT2D eigenvalue weighted by atomic mass is 32.2. The van der Waals surface area contributed by atoms with Crippen molar-refractivity contribution in [2.45, 2.75) is 32.1 Å². The Morgan fingerprint density at radius 2 is 1.93 bits per heavy atom.